The maximum atomic E-state index is 9.31. The molecule has 2 aliphatic carbocycles. The molecule has 0 radical (unpaired) electrons. The molecule has 1 aromatic carbocycles. The Kier molecular flexibility index (Phi) is 3.14. The summed E-state index contributed by atoms with van der Waals surface area (Å²) < 4.78 is 7.11. The Morgan fingerprint density at radius 3 is 2.65 bits per heavy atom. The molecule has 106 valence electrons. The fraction of sp³-hybridized carbons (Fsp3) is 0.588. The molecule has 3 atom stereocenters. The molecule has 0 saturated heterocycles. The molecule has 3 heteroatoms. The van der Waals surface area contributed by atoms with Crippen molar-refractivity contribution in [2.24, 2.45) is 16.7 Å². The lowest BCUT2D eigenvalue weighted by Crippen LogP contribution is -2.39. The summed E-state index contributed by atoms with van der Waals surface area (Å²) >= 11 is 3.43. The number of nitriles is 1. The minimum Gasteiger partial charge on any atom is -0.488 e. The monoisotopic (exact) mass is 333 g/mol. The number of ether oxygens (including phenoxy) is 1. The second-order valence-electron chi connectivity index (χ2n) is 6.94. The van der Waals surface area contributed by atoms with Gasteiger partial charge in [0.05, 0.1) is 0 Å². The van der Waals surface area contributed by atoms with Crippen molar-refractivity contribution in [1.29, 1.82) is 5.26 Å². The van der Waals surface area contributed by atoms with Crippen LogP contribution in [0.5, 0.6) is 5.75 Å². The van der Waals surface area contributed by atoms with Crippen molar-refractivity contribution in [3.05, 3.63) is 28.2 Å². The van der Waals surface area contributed by atoms with Crippen molar-refractivity contribution < 1.29 is 4.74 Å². The fourth-order valence-electron chi connectivity index (χ4n) is 4.17. The van der Waals surface area contributed by atoms with E-state index in [2.05, 4.69) is 42.8 Å². The molecular weight excluding hydrogens is 314 g/mol. The van der Waals surface area contributed by atoms with E-state index >= 15 is 0 Å². The molecule has 0 N–H and O–H groups in total. The van der Waals surface area contributed by atoms with Crippen molar-refractivity contribution in [3.8, 4) is 11.8 Å². The Bertz CT molecular complexity index is 589. The average molecular weight is 334 g/mol. The van der Waals surface area contributed by atoms with E-state index < -0.39 is 0 Å². The molecule has 0 spiro atoms. The highest BCUT2D eigenvalue weighted by atomic mass is 79.9. The van der Waals surface area contributed by atoms with Crippen LogP contribution < -0.4 is 4.74 Å². The van der Waals surface area contributed by atoms with Gasteiger partial charge in [-0.2, -0.15) is 5.26 Å². The van der Waals surface area contributed by atoms with Gasteiger partial charge in [-0.1, -0.05) is 26.8 Å². The molecule has 2 nitrogen and oxygen atoms in total. The smallest absolute Gasteiger partial charge is 0.138 e. The van der Waals surface area contributed by atoms with Crippen molar-refractivity contribution in [3.63, 3.8) is 0 Å². The summed E-state index contributed by atoms with van der Waals surface area (Å²) in [5, 5.41) is 9.31. The predicted molar refractivity (Wildman–Crippen MR) is 82.5 cm³/mol. The lowest BCUT2D eigenvalue weighted by molar-refractivity contribution is 0.0299. The predicted octanol–water partition coefficient (Wildman–Crippen LogP) is 4.91. The van der Waals surface area contributed by atoms with Crippen LogP contribution in [0.1, 0.15) is 45.6 Å². The van der Waals surface area contributed by atoms with Crippen molar-refractivity contribution >= 4 is 15.9 Å². The molecule has 3 unspecified atom stereocenters. The van der Waals surface area contributed by atoms with Crippen LogP contribution in [0.2, 0.25) is 0 Å². The minimum atomic E-state index is 0.215. The first kappa shape index (κ1) is 13.9. The number of benzene rings is 1. The first-order chi connectivity index (χ1) is 9.40. The largest absolute Gasteiger partial charge is 0.488 e. The molecule has 1 aromatic rings. The maximum absolute atomic E-state index is 9.31. The number of halogens is 1. The highest BCUT2D eigenvalue weighted by molar-refractivity contribution is 9.10. The summed E-state index contributed by atoms with van der Waals surface area (Å²) in [5.74, 6) is 1.46. The van der Waals surface area contributed by atoms with Gasteiger partial charge in [0.2, 0.25) is 0 Å². The molecule has 2 fully saturated rings. The molecular formula is C17H20BrNO. The third kappa shape index (κ3) is 1.74. The molecule has 2 aliphatic rings. The molecule has 0 aromatic heterocycles. The number of hydrogen-bond donors (Lipinski definition) is 0. The van der Waals surface area contributed by atoms with Gasteiger partial charge in [0, 0.05) is 9.89 Å². The lowest BCUT2D eigenvalue weighted by atomic mass is 9.70. The molecule has 0 heterocycles. The zero-order chi connectivity index (χ0) is 14.5. The average Bonchev–Trinajstić information content (AvgIpc) is 2.72. The summed E-state index contributed by atoms with van der Waals surface area (Å²) in [4.78, 5) is 0. The van der Waals surface area contributed by atoms with Crippen LogP contribution in [0, 0.1) is 28.1 Å². The second-order valence-corrected chi connectivity index (χ2v) is 7.80. The molecule has 0 amide bonds. The van der Waals surface area contributed by atoms with Gasteiger partial charge in [-0.25, -0.2) is 0 Å². The van der Waals surface area contributed by atoms with E-state index in [-0.39, 0.29) is 11.5 Å². The first-order valence-corrected chi connectivity index (χ1v) is 8.05. The summed E-state index contributed by atoms with van der Waals surface area (Å²) in [6.07, 6.45) is 3.87. The number of fused-ring (bicyclic) bond motifs is 2. The summed E-state index contributed by atoms with van der Waals surface area (Å²) in [5.41, 5.74) is 1.15. The highest BCUT2D eigenvalue weighted by Crippen LogP contribution is 2.66. The molecule has 2 saturated carbocycles. The van der Waals surface area contributed by atoms with Crippen LogP contribution in [0.3, 0.4) is 0 Å². The Balaban J connectivity index is 1.92. The standard InChI is InChI=1S/C17H20BrNO/c1-16(2)11-7-8-17(16,3)15(9-11)20-14-6-4-5-13(18)12(14)10-19/h4-6,11,15H,7-9H2,1-3H3. The van der Waals surface area contributed by atoms with Crippen LogP contribution in [0.15, 0.2) is 22.7 Å². The van der Waals surface area contributed by atoms with Gasteiger partial charge in [-0.3, -0.25) is 0 Å². The van der Waals surface area contributed by atoms with E-state index in [9.17, 15) is 5.26 Å². The van der Waals surface area contributed by atoms with Gasteiger partial charge in [0.1, 0.15) is 23.5 Å². The van der Waals surface area contributed by atoms with Gasteiger partial charge in [0.25, 0.3) is 0 Å². The van der Waals surface area contributed by atoms with Gasteiger partial charge in [-0.15, -0.1) is 0 Å². The minimum absolute atomic E-state index is 0.215. The third-order valence-electron chi connectivity index (χ3n) is 6.07. The SMILES string of the molecule is CC1(C)C2CCC1(C)C(Oc1cccc(Br)c1C#N)C2. The van der Waals surface area contributed by atoms with Crippen LogP contribution >= 0.6 is 15.9 Å². The molecule has 0 aliphatic heterocycles. The quantitative estimate of drug-likeness (QED) is 0.769. The van der Waals surface area contributed by atoms with Crippen LogP contribution in [0.25, 0.3) is 0 Å². The number of nitrogens with zero attached hydrogens (tertiary/aromatic N) is 1. The highest BCUT2D eigenvalue weighted by Gasteiger charge is 2.62. The zero-order valence-corrected chi connectivity index (χ0v) is 13.8. The Morgan fingerprint density at radius 2 is 2.10 bits per heavy atom. The van der Waals surface area contributed by atoms with E-state index in [1.807, 2.05) is 18.2 Å². The summed E-state index contributed by atoms with van der Waals surface area (Å²) in [7, 11) is 0. The topological polar surface area (TPSA) is 33.0 Å². The lowest BCUT2D eigenvalue weighted by Gasteiger charge is -2.39. The van der Waals surface area contributed by atoms with E-state index in [1.165, 1.54) is 12.8 Å². The normalized spacial score (nSPS) is 34.0. The Morgan fingerprint density at radius 1 is 1.35 bits per heavy atom. The van der Waals surface area contributed by atoms with Gasteiger partial charge in [-0.05, 0) is 58.7 Å². The number of rotatable bonds is 2. The van der Waals surface area contributed by atoms with Crippen LogP contribution in [-0.4, -0.2) is 6.10 Å². The Hall–Kier alpha value is -1.01. The van der Waals surface area contributed by atoms with Crippen molar-refractivity contribution in [2.45, 2.75) is 46.1 Å². The molecule has 2 bridgehead atoms. The molecule has 3 rings (SSSR count). The van der Waals surface area contributed by atoms with Gasteiger partial charge in [0.15, 0.2) is 0 Å². The zero-order valence-electron chi connectivity index (χ0n) is 12.2. The second kappa shape index (κ2) is 4.49. The van der Waals surface area contributed by atoms with Crippen molar-refractivity contribution in [1.82, 2.24) is 0 Å². The van der Waals surface area contributed by atoms with Gasteiger partial charge < -0.3 is 4.74 Å². The van der Waals surface area contributed by atoms with E-state index in [4.69, 9.17) is 4.74 Å². The molecule has 20 heavy (non-hydrogen) atoms. The fourth-order valence-corrected chi connectivity index (χ4v) is 4.61. The van der Waals surface area contributed by atoms with E-state index in [1.54, 1.807) is 0 Å². The van der Waals surface area contributed by atoms with Crippen LogP contribution in [-0.2, 0) is 0 Å². The van der Waals surface area contributed by atoms with Crippen LogP contribution in [0.4, 0.5) is 0 Å². The Labute approximate surface area is 129 Å². The van der Waals surface area contributed by atoms with E-state index in [0.717, 1.165) is 22.6 Å². The first-order valence-electron chi connectivity index (χ1n) is 7.25. The maximum Gasteiger partial charge on any atom is 0.138 e. The van der Waals surface area contributed by atoms with Crippen molar-refractivity contribution in [2.75, 3.05) is 0 Å². The van der Waals surface area contributed by atoms with Gasteiger partial charge >= 0.3 is 0 Å². The third-order valence-corrected chi connectivity index (χ3v) is 6.73. The number of hydrogen-bond acceptors (Lipinski definition) is 2. The summed E-state index contributed by atoms with van der Waals surface area (Å²) in [6.45, 7) is 7.11. The summed E-state index contributed by atoms with van der Waals surface area (Å²) in [6, 6.07) is 7.97. The van der Waals surface area contributed by atoms with E-state index in [0.29, 0.717) is 11.0 Å².